The first-order chi connectivity index (χ1) is 10.7. The molecule has 0 aromatic heterocycles. The molecule has 0 radical (unpaired) electrons. The summed E-state index contributed by atoms with van der Waals surface area (Å²) in [5.74, 6) is 0.389. The van der Waals surface area contributed by atoms with Gasteiger partial charge in [-0.3, -0.25) is 0 Å². The molecule has 0 saturated carbocycles. The molecule has 0 heterocycles. The second kappa shape index (κ2) is 7.88. The highest BCUT2D eigenvalue weighted by Crippen LogP contribution is 2.20. The minimum Gasteiger partial charge on any atom is -0.497 e. The molecule has 0 fully saturated rings. The van der Waals surface area contributed by atoms with Crippen molar-refractivity contribution in [3.63, 3.8) is 0 Å². The lowest BCUT2D eigenvalue weighted by molar-refractivity contribution is -0.136. The SMILES string of the molecule is CCOC(=O)/C(=C\Nc1cccc(OC)c1)c1ccccc1. The molecule has 2 aromatic carbocycles. The highest BCUT2D eigenvalue weighted by molar-refractivity contribution is 6.16. The normalized spacial score (nSPS) is 10.9. The Morgan fingerprint density at radius 1 is 1.14 bits per heavy atom. The summed E-state index contributed by atoms with van der Waals surface area (Å²) in [5, 5.41) is 3.11. The van der Waals surface area contributed by atoms with Gasteiger partial charge in [-0.2, -0.15) is 0 Å². The van der Waals surface area contributed by atoms with Crippen LogP contribution in [0.5, 0.6) is 5.75 Å². The van der Waals surface area contributed by atoms with Crippen LogP contribution in [0.25, 0.3) is 5.57 Å². The number of carbonyl (C=O) groups excluding carboxylic acids is 1. The van der Waals surface area contributed by atoms with Gasteiger partial charge in [-0.25, -0.2) is 4.79 Å². The first-order valence-electron chi connectivity index (χ1n) is 7.08. The maximum atomic E-state index is 12.1. The first-order valence-corrected chi connectivity index (χ1v) is 7.08. The fourth-order valence-corrected chi connectivity index (χ4v) is 1.96. The molecule has 22 heavy (non-hydrogen) atoms. The Morgan fingerprint density at radius 3 is 2.59 bits per heavy atom. The van der Waals surface area contributed by atoms with E-state index in [1.54, 1.807) is 20.2 Å². The monoisotopic (exact) mass is 297 g/mol. The number of esters is 1. The average Bonchev–Trinajstić information content (AvgIpc) is 2.56. The van der Waals surface area contributed by atoms with E-state index < -0.39 is 0 Å². The molecule has 0 saturated heterocycles. The summed E-state index contributed by atoms with van der Waals surface area (Å²) in [5.41, 5.74) is 2.11. The van der Waals surface area contributed by atoms with Gasteiger partial charge in [0.05, 0.1) is 19.3 Å². The number of rotatable bonds is 6. The smallest absolute Gasteiger partial charge is 0.340 e. The van der Waals surface area contributed by atoms with Crippen molar-refractivity contribution < 1.29 is 14.3 Å². The number of hydrogen-bond acceptors (Lipinski definition) is 4. The van der Waals surface area contributed by atoms with Crippen molar-refractivity contribution in [1.29, 1.82) is 0 Å². The summed E-state index contributed by atoms with van der Waals surface area (Å²) in [7, 11) is 1.61. The van der Waals surface area contributed by atoms with Gasteiger partial charge >= 0.3 is 5.97 Å². The average molecular weight is 297 g/mol. The molecule has 0 aliphatic carbocycles. The van der Waals surface area contributed by atoms with Crippen LogP contribution in [0, 0.1) is 0 Å². The van der Waals surface area contributed by atoms with E-state index in [2.05, 4.69) is 5.32 Å². The molecule has 1 N–H and O–H groups in total. The summed E-state index contributed by atoms with van der Waals surface area (Å²) < 4.78 is 10.3. The van der Waals surface area contributed by atoms with Crippen LogP contribution >= 0.6 is 0 Å². The summed E-state index contributed by atoms with van der Waals surface area (Å²) in [6.07, 6.45) is 1.65. The molecule has 0 bridgehead atoms. The Morgan fingerprint density at radius 2 is 1.91 bits per heavy atom. The lowest BCUT2D eigenvalue weighted by Crippen LogP contribution is -2.08. The number of benzene rings is 2. The van der Waals surface area contributed by atoms with E-state index in [0.29, 0.717) is 12.2 Å². The Labute approximate surface area is 130 Å². The maximum absolute atomic E-state index is 12.1. The highest BCUT2D eigenvalue weighted by Gasteiger charge is 2.12. The fourth-order valence-electron chi connectivity index (χ4n) is 1.96. The van der Waals surface area contributed by atoms with Crippen molar-refractivity contribution in [2.75, 3.05) is 19.0 Å². The predicted molar refractivity (Wildman–Crippen MR) is 87.7 cm³/mol. The van der Waals surface area contributed by atoms with Gasteiger partial charge < -0.3 is 14.8 Å². The lowest BCUT2D eigenvalue weighted by atomic mass is 10.1. The van der Waals surface area contributed by atoms with Crippen molar-refractivity contribution in [3.05, 3.63) is 66.4 Å². The van der Waals surface area contributed by atoms with E-state index in [1.807, 2.05) is 54.6 Å². The van der Waals surface area contributed by atoms with E-state index in [0.717, 1.165) is 17.0 Å². The van der Waals surface area contributed by atoms with Crippen LogP contribution in [-0.2, 0) is 9.53 Å². The van der Waals surface area contributed by atoms with E-state index in [-0.39, 0.29) is 5.97 Å². The lowest BCUT2D eigenvalue weighted by Gasteiger charge is -2.09. The number of nitrogens with one attached hydrogen (secondary N) is 1. The Bertz CT molecular complexity index is 650. The number of methoxy groups -OCH3 is 1. The van der Waals surface area contributed by atoms with Gasteiger partial charge in [0.25, 0.3) is 0 Å². The number of hydrogen-bond donors (Lipinski definition) is 1. The van der Waals surface area contributed by atoms with Gasteiger partial charge in [-0.05, 0) is 24.6 Å². The molecule has 4 heteroatoms. The second-order valence-electron chi connectivity index (χ2n) is 4.52. The summed E-state index contributed by atoms with van der Waals surface area (Å²) >= 11 is 0. The molecule has 4 nitrogen and oxygen atoms in total. The van der Waals surface area contributed by atoms with E-state index in [4.69, 9.17) is 9.47 Å². The zero-order chi connectivity index (χ0) is 15.8. The first kappa shape index (κ1) is 15.6. The van der Waals surface area contributed by atoms with Crippen LogP contribution in [-0.4, -0.2) is 19.7 Å². The van der Waals surface area contributed by atoms with Gasteiger partial charge in [0.1, 0.15) is 5.75 Å². The maximum Gasteiger partial charge on any atom is 0.340 e. The molecule has 0 atom stereocenters. The Balaban J connectivity index is 2.26. The fraction of sp³-hybridized carbons (Fsp3) is 0.167. The number of anilines is 1. The third-order valence-corrected chi connectivity index (χ3v) is 3.03. The Kier molecular flexibility index (Phi) is 5.60. The van der Waals surface area contributed by atoms with Crippen molar-refractivity contribution in [2.45, 2.75) is 6.92 Å². The minimum atomic E-state index is -0.357. The molecular weight excluding hydrogens is 278 g/mol. The van der Waals surface area contributed by atoms with Crippen molar-refractivity contribution in [2.24, 2.45) is 0 Å². The van der Waals surface area contributed by atoms with Crippen LogP contribution in [0.15, 0.2) is 60.8 Å². The van der Waals surface area contributed by atoms with Crippen molar-refractivity contribution in [1.82, 2.24) is 0 Å². The van der Waals surface area contributed by atoms with E-state index in [9.17, 15) is 4.79 Å². The van der Waals surface area contributed by atoms with E-state index >= 15 is 0 Å². The summed E-state index contributed by atoms with van der Waals surface area (Å²) in [4.78, 5) is 12.1. The molecule has 0 spiro atoms. The van der Waals surface area contributed by atoms with Crippen LogP contribution in [0.1, 0.15) is 12.5 Å². The van der Waals surface area contributed by atoms with Gasteiger partial charge in [0.2, 0.25) is 0 Å². The molecule has 0 aliphatic heterocycles. The zero-order valence-electron chi connectivity index (χ0n) is 12.7. The third-order valence-electron chi connectivity index (χ3n) is 3.03. The van der Waals surface area contributed by atoms with Crippen LogP contribution in [0.4, 0.5) is 5.69 Å². The topological polar surface area (TPSA) is 47.6 Å². The largest absolute Gasteiger partial charge is 0.497 e. The van der Waals surface area contributed by atoms with Gasteiger partial charge in [-0.15, -0.1) is 0 Å². The number of carbonyl (C=O) groups is 1. The number of ether oxygens (including phenoxy) is 2. The summed E-state index contributed by atoms with van der Waals surface area (Å²) in [6, 6.07) is 16.9. The Hall–Kier alpha value is -2.75. The van der Waals surface area contributed by atoms with E-state index in [1.165, 1.54) is 0 Å². The van der Waals surface area contributed by atoms with Gasteiger partial charge in [-0.1, -0.05) is 36.4 Å². The zero-order valence-corrected chi connectivity index (χ0v) is 12.7. The molecule has 2 rings (SSSR count). The standard InChI is InChI=1S/C18H19NO3/c1-3-22-18(20)17(14-8-5-4-6-9-14)13-19-15-10-7-11-16(12-15)21-2/h4-13,19H,3H2,1-2H3/b17-13-. The quantitative estimate of drug-likeness (QED) is 0.652. The third kappa shape index (κ3) is 4.12. The van der Waals surface area contributed by atoms with Gasteiger partial charge in [0.15, 0.2) is 0 Å². The van der Waals surface area contributed by atoms with Crippen molar-refractivity contribution in [3.8, 4) is 5.75 Å². The molecule has 0 aliphatic rings. The molecule has 0 unspecified atom stereocenters. The predicted octanol–water partition coefficient (Wildman–Crippen LogP) is 3.71. The van der Waals surface area contributed by atoms with Crippen LogP contribution < -0.4 is 10.1 Å². The molecule has 2 aromatic rings. The summed E-state index contributed by atoms with van der Waals surface area (Å²) in [6.45, 7) is 2.12. The van der Waals surface area contributed by atoms with Crippen molar-refractivity contribution >= 4 is 17.2 Å². The van der Waals surface area contributed by atoms with Gasteiger partial charge in [0, 0.05) is 18.0 Å². The van der Waals surface area contributed by atoms with Crippen LogP contribution in [0.2, 0.25) is 0 Å². The van der Waals surface area contributed by atoms with Crippen LogP contribution in [0.3, 0.4) is 0 Å². The minimum absolute atomic E-state index is 0.335. The second-order valence-corrected chi connectivity index (χ2v) is 4.52. The molecular formula is C18H19NO3. The highest BCUT2D eigenvalue weighted by atomic mass is 16.5. The molecule has 114 valence electrons. The molecule has 0 amide bonds.